The molecule has 0 amide bonds. The minimum absolute atomic E-state index is 0.0295. The second-order valence-corrected chi connectivity index (χ2v) is 4.39. The van der Waals surface area contributed by atoms with Crippen LogP contribution in [0.15, 0.2) is 4.79 Å². The number of hydrogen-bond acceptors (Lipinski definition) is 4. The van der Waals surface area contributed by atoms with Crippen LogP contribution in [-0.4, -0.2) is 26.1 Å². The van der Waals surface area contributed by atoms with Gasteiger partial charge < -0.3 is 5.73 Å². The number of rotatable bonds is 2. The first-order valence-electron chi connectivity index (χ1n) is 5.99. The molecule has 0 bridgehead atoms. The first kappa shape index (κ1) is 10.5. The maximum Gasteiger partial charge on any atom is 0.264 e. The van der Waals surface area contributed by atoms with Gasteiger partial charge in [0.15, 0.2) is 0 Å². The third-order valence-electron chi connectivity index (χ3n) is 3.26. The molecule has 0 atom stereocenters. The van der Waals surface area contributed by atoms with Crippen molar-refractivity contribution >= 4 is 5.78 Å². The first-order valence-corrected chi connectivity index (χ1v) is 5.99. The highest BCUT2D eigenvalue weighted by Gasteiger charge is 2.18. The van der Waals surface area contributed by atoms with E-state index >= 15 is 0 Å². The Morgan fingerprint density at radius 2 is 2.18 bits per heavy atom. The molecule has 90 valence electrons. The van der Waals surface area contributed by atoms with Crippen LogP contribution in [0.4, 0.5) is 0 Å². The molecule has 1 aliphatic rings. The molecule has 0 fully saturated rings. The fourth-order valence-corrected chi connectivity index (χ4v) is 2.43. The van der Waals surface area contributed by atoms with Crippen LogP contribution in [0.1, 0.15) is 29.9 Å². The van der Waals surface area contributed by atoms with E-state index in [0.29, 0.717) is 24.6 Å². The maximum absolute atomic E-state index is 12.4. The molecule has 2 aromatic heterocycles. The second-order valence-electron chi connectivity index (χ2n) is 4.39. The average Bonchev–Trinajstić information content (AvgIpc) is 2.74. The molecule has 0 aromatic carbocycles. The van der Waals surface area contributed by atoms with E-state index in [4.69, 9.17) is 5.73 Å². The van der Waals surface area contributed by atoms with Gasteiger partial charge in [-0.2, -0.15) is 5.10 Å². The van der Waals surface area contributed by atoms with Gasteiger partial charge in [0.25, 0.3) is 5.56 Å². The predicted octanol–water partition coefficient (Wildman–Crippen LogP) is -0.202. The number of aromatic nitrogens is 4. The fourth-order valence-electron chi connectivity index (χ4n) is 2.43. The number of nitrogens with one attached hydrogen (secondary N) is 1. The van der Waals surface area contributed by atoms with Gasteiger partial charge in [-0.3, -0.25) is 4.79 Å². The van der Waals surface area contributed by atoms with E-state index in [0.717, 1.165) is 36.9 Å². The molecule has 6 heteroatoms. The van der Waals surface area contributed by atoms with E-state index in [1.54, 1.807) is 4.40 Å². The summed E-state index contributed by atoms with van der Waals surface area (Å²) in [5.41, 5.74) is 7.33. The van der Waals surface area contributed by atoms with Gasteiger partial charge >= 0.3 is 0 Å². The van der Waals surface area contributed by atoms with Crippen LogP contribution in [0.2, 0.25) is 0 Å². The Kier molecular flexibility index (Phi) is 2.44. The smallest absolute Gasteiger partial charge is 0.264 e. The molecule has 0 spiro atoms. The summed E-state index contributed by atoms with van der Waals surface area (Å²) in [4.78, 5) is 16.8. The highest BCUT2D eigenvalue weighted by atomic mass is 16.1. The highest BCUT2D eigenvalue weighted by molar-refractivity contribution is 5.34. The quantitative estimate of drug-likeness (QED) is 0.751. The van der Waals surface area contributed by atoms with Crippen LogP contribution >= 0.6 is 0 Å². The summed E-state index contributed by atoms with van der Waals surface area (Å²) in [5, 5.41) is 6.92. The Bertz CT molecular complexity index is 612. The van der Waals surface area contributed by atoms with Gasteiger partial charge in [0.2, 0.25) is 5.78 Å². The Labute approximate surface area is 97.9 Å². The van der Waals surface area contributed by atoms with E-state index in [1.807, 2.05) is 0 Å². The van der Waals surface area contributed by atoms with E-state index < -0.39 is 0 Å². The Balaban J connectivity index is 2.28. The van der Waals surface area contributed by atoms with Crippen molar-refractivity contribution in [1.82, 2.24) is 19.6 Å². The molecule has 6 nitrogen and oxygen atoms in total. The molecule has 1 aliphatic carbocycles. The lowest BCUT2D eigenvalue weighted by molar-refractivity contribution is 0.654. The van der Waals surface area contributed by atoms with E-state index in [1.165, 1.54) is 0 Å². The molecular formula is C11H15N5O. The van der Waals surface area contributed by atoms with Gasteiger partial charge in [-0.05, 0) is 32.2 Å². The van der Waals surface area contributed by atoms with Gasteiger partial charge in [-0.15, -0.1) is 0 Å². The normalized spacial score (nSPS) is 15.1. The molecule has 3 rings (SSSR count). The van der Waals surface area contributed by atoms with Gasteiger partial charge in [0.1, 0.15) is 5.82 Å². The van der Waals surface area contributed by atoms with Crippen LogP contribution in [0.5, 0.6) is 0 Å². The lowest BCUT2D eigenvalue weighted by Gasteiger charge is -2.13. The molecule has 0 unspecified atom stereocenters. The SMILES string of the molecule is NCCc1n[nH]c2nc3c(c(=O)n12)CCCC3. The summed E-state index contributed by atoms with van der Waals surface area (Å²) >= 11 is 0. The van der Waals surface area contributed by atoms with Gasteiger partial charge in [-0.1, -0.05) is 0 Å². The highest BCUT2D eigenvalue weighted by Crippen LogP contribution is 2.16. The zero-order valence-corrected chi connectivity index (χ0v) is 9.57. The first-order chi connectivity index (χ1) is 8.31. The molecule has 0 saturated carbocycles. The Hall–Kier alpha value is -1.69. The summed E-state index contributed by atoms with van der Waals surface area (Å²) in [5.74, 6) is 1.22. The van der Waals surface area contributed by atoms with Crippen molar-refractivity contribution < 1.29 is 0 Å². The third kappa shape index (κ3) is 1.56. The lowest BCUT2D eigenvalue weighted by atomic mass is 9.97. The van der Waals surface area contributed by atoms with Crippen LogP contribution in [0.25, 0.3) is 5.78 Å². The molecule has 17 heavy (non-hydrogen) atoms. The van der Waals surface area contributed by atoms with Crippen LogP contribution in [0.3, 0.4) is 0 Å². The summed E-state index contributed by atoms with van der Waals surface area (Å²) in [6.07, 6.45) is 4.49. The number of aromatic amines is 1. The Morgan fingerprint density at radius 1 is 1.35 bits per heavy atom. The topological polar surface area (TPSA) is 89.1 Å². The zero-order chi connectivity index (χ0) is 11.8. The zero-order valence-electron chi connectivity index (χ0n) is 9.57. The second kappa shape index (κ2) is 3.96. The Morgan fingerprint density at radius 3 is 3.00 bits per heavy atom. The average molecular weight is 233 g/mol. The number of hydrogen-bond donors (Lipinski definition) is 2. The van der Waals surface area contributed by atoms with Gasteiger partial charge in [-0.25, -0.2) is 14.5 Å². The molecular weight excluding hydrogens is 218 g/mol. The lowest BCUT2D eigenvalue weighted by Crippen LogP contribution is -2.26. The van der Waals surface area contributed by atoms with Gasteiger partial charge in [0.05, 0.1) is 5.69 Å². The molecule has 2 heterocycles. The monoisotopic (exact) mass is 233 g/mol. The summed E-state index contributed by atoms with van der Waals surface area (Å²) in [6.45, 7) is 0.476. The van der Waals surface area contributed by atoms with Crippen molar-refractivity contribution in [3.05, 3.63) is 27.4 Å². The van der Waals surface area contributed by atoms with E-state index in [-0.39, 0.29) is 5.56 Å². The summed E-state index contributed by atoms with van der Waals surface area (Å²) < 4.78 is 1.57. The molecule has 2 aromatic rings. The number of H-pyrrole nitrogens is 1. The molecule has 3 N–H and O–H groups in total. The van der Waals surface area contributed by atoms with Crippen molar-refractivity contribution in [3.63, 3.8) is 0 Å². The standard InChI is InChI=1S/C11H15N5O/c12-6-5-9-14-15-11-13-8-4-2-1-3-7(8)10(17)16(9)11/h1-6,12H2,(H,13,15). The minimum atomic E-state index is 0.0295. The predicted molar refractivity (Wildman–Crippen MR) is 63.0 cm³/mol. The number of fused-ring (bicyclic) bond motifs is 2. The molecule has 0 saturated heterocycles. The van der Waals surface area contributed by atoms with E-state index in [2.05, 4.69) is 15.2 Å². The summed E-state index contributed by atoms with van der Waals surface area (Å²) in [7, 11) is 0. The van der Waals surface area contributed by atoms with Crippen LogP contribution in [-0.2, 0) is 19.3 Å². The van der Waals surface area contributed by atoms with Crippen molar-refractivity contribution in [3.8, 4) is 0 Å². The molecule has 0 radical (unpaired) electrons. The van der Waals surface area contributed by atoms with Crippen LogP contribution in [0, 0.1) is 0 Å². The minimum Gasteiger partial charge on any atom is -0.330 e. The van der Waals surface area contributed by atoms with Crippen LogP contribution < -0.4 is 11.3 Å². The largest absolute Gasteiger partial charge is 0.330 e. The van der Waals surface area contributed by atoms with E-state index in [9.17, 15) is 4.79 Å². The number of nitrogens with two attached hydrogens (primary N) is 1. The molecule has 0 aliphatic heterocycles. The van der Waals surface area contributed by atoms with Crippen molar-refractivity contribution in [2.24, 2.45) is 5.73 Å². The van der Waals surface area contributed by atoms with Gasteiger partial charge in [0, 0.05) is 12.0 Å². The maximum atomic E-state index is 12.4. The summed E-state index contributed by atoms with van der Waals surface area (Å²) in [6, 6.07) is 0. The third-order valence-corrected chi connectivity index (χ3v) is 3.26. The van der Waals surface area contributed by atoms with Crippen molar-refractivity contribution in [2.75, 3.05) is 6.54 Å². The fraction of sp³-hybridized carbons (Fsp3) is 0.545. The number of nitrogens with zero attached hydrogens (tertiary/aromatic N) is 3. The number of aryl methyl sites for hydroxylation is 1. The van der Waals surface area contributed by atoms with Crippen molar-refractivity contribution in [2.45, 2.75) is 32.1 Å². The van der Waals surface area contributed by atoms with Crippen molar-refractivity contribution in [1.29, 1.82) is 0 Å².